The number of amides is 1. The molecule has 1 fully saturated rings. The quantitative estimate of drug-likeness (QED) is 0.655. The fourth-order valence-electron chi connectivity index (χ4n) is 3.70. The highest BCUT2D eigenvalue weighted by Gasteiger charge is 2.44. The van der Waals surface area contributed by atoms with Crippen molar-refractivity contribution >= 4 is 23.5 Å². The first-order valence-corrected chi connectivity index (χ1v) is 9.80. The molecule has 0 saturated carbocycles. The summed E-state index contributed by atoms with van der Waals surface area (Å²) in [5.41, 5.74) is 0.201. The highest BCUT2D eigenvalue weighted by Crippen LogP contribution is 2.36. The molecule has 3 rings (SSSR count). The van der Waals surface area contributed by atoms with E-state index in [0.717, 1.165) is 12.0 Å². The normalized spacial score (nSPS) is 19.4. The number of likely N-dealkylation sites (tertiary alicyclic amines) is 1. The van der Waals surface area contributed by atoms with Gasteiger partial charge in [0.1, 0.15) is 6.33 Å². The molecule has 0 aliphatic carbocycles. The zero-order chi connectivity index (χ0) is 20.0. The predicted octanol–water partition coefficient (Wildman–Crippen LogP) is 2.13. The lowest BCUT2D eigenvalue weighted by molar-refractivity contribution is -0.160. The number of esters is 1. The minimum atomic E-state index is -0.761. The molecule has 0 unspecified atom stereocenters. The Morgan fingerprint density at radius 1 is 1.36 bits per heavy atom. The van der Waals surface area contributed by atoms with Gasteiger partial charge in [0.25, 0.3) is 0 Å². The first-order valence-electron chi connectivity index (χ1n) is 9.42. The maximum atomic E-state index is 12.9. The summed E-state index contributed by atoms with van der Waals surface area (Å²) in [4.78, 5) is 27.4. The van der Waals surface area contributed by atoms with Gasteiger partial charge in [0.15, 0.2) is 0 Å². The van der Waals surface area contributed by atoms with Crippen molar-refractivity contribution in [3.8, 4) is 0 Å². The third-order valence-corrected chi connectivity index (χ3v) is 5.25. The van der Waals surface area contributed by atoms with Crippen molar-refractivity contribution in [1.82, 2.24) is 25.1 Å². The van der Waals surface area contributed by atoms with Gasteiger partial charge in [0.2, 0.25) is 5.91 Å². The number of nitrogens with zero attached hydrogens (tertiary/aromatic N) is 5. The van der Waals surface area contributed by atoms with Crippen LogP contribution in [0.25, 0.3) is 0 Å². The molecule has 1 saturated heterocycles. The van der Waals surface area contributed by atoms with E-state index in [9.17, 15) is 9.59 Å². The predicted molar refractivity (Wildman–Crippen MR) is 102 cm³/mol. The van der Waals surface area contributed by atoms with E-state index in [4.69, 9.17) is 16.3 Å². The molecule has 2 aromatic rings. The first-order chi connectivity index (χ1) is 13.5. The zero-order valence-corrected chi connectivity index (χ0v) is 16.6. The Morgan fingerprint density at radius 2 is 2.21 bits per heavy atom. The number of rotatable bonds is 7. The minimum absolute atomic E-state index is 0.0185. The topological polar surface area (TPSA) is 90.2 Å². The second-order valence-electron chi connectivity index (χ2n) is 7.05. The van der Waals surface area contributed by atoms with E-state index in [2.05, 4.69) is 15.5 Å². The molecule has 1 amide bonds. The summed E-state index contributed by atoms with van der Waals surface area (Å²) >= 11 is 6.12. The van der Waals surface area contributed by atoms with Crippen LogP contribution in [0.15, 0.2) is 30.6 Å². The summed E-state index contributed by atoms with van der Waals surface area (Å²) in [7, 11) is 0. The average molecular weight is 406 g/mol. The summed E-state index contributed by atoms with van der Waals surface area (Å²) in [6, 6.07) is 7.48. The first kappa shape index (κ1) is 20.3. The highest BCUT2D eigenvalue weighted by atomic mass is 35.5. The molecule has 2 heterocycles. The third kappa shape index (κ3) is 4.86. The van der Waals surface area contributed by atoms with Crippen LogP contribution in [-0.2, 0) is 27.3 Å². The van der Waals surface area contributed by atoms with Gasteiger partial charge in [0.05, 0.1) is 18.6 Å². The fourth-order valence-corrected chi connectivity index (χ4v) is 3.91. The van der Waals surface area contributed by atoms with Crippen molar-refractivity contribution in [1.29, 1.82) is 0 Å². The van der Waals surface area contributed by atoms with Gasteiger partial charge in [-0.05, 0) is 54.3 Å². The number of hydrogen-bond acceptors (Lipinski definition) is 6. The summed E-state index contributed by atoms with van der Waals surface area (Å²) < 4.78 is 6.91. The highest BCUT2D eigenvalue weighted by molar-refractivity contribution is 6.30. The Morgan fingerprint density at radius 3 is 2.93 bits per heavy atom. The van der Waals surface area contributed by atoms with Crippen molar-refractivity contribution in [2.24, 2.45) is 5.41 Å². The SMILES string of the molecule is CCOC(=O)[C@]1(Cc2cccc(Cl)c2)CCCN(C(=O)CCn2cnnn2)C1. The van der Waals surface area contributed by atoms with Gasteiger partial charge in [0, 0.05) is 24.5 Å². The molecule has 0 spiro atoms. The lowest BCUT2D eigenvalue weighted by atomic mass is 9.75. The molecule has 1 aromatic heterocycles. The molecule has 0 N–H and O–H groups in total. The van der Waals surface area contributed by atoms with Gasteiger partial charge in [-0.15, -0.1) is 5.10 Å². The third-order valence-electron chi connectivity index (χ3n) is 5.02. The average Bonchev–Trinajstić information content (AvgIpc) is 3.20. The minimum Gasteiger partial charge on any atom is -0.466 e. The molecule has 0 radical (unpaired) electrons. The molecule has 150 valence electrons. The van der Waals surface area contributed by atoms with Crippen molar-refractivity contribution in [3.05, 3.63) is 41.2 Å². The lowest BCUT2D eigenvalue weighted by Gasteiger charge is -2.41. The summed E-state index contributed by atoms with van der Waals surface area (Å²) in [5, 5.41) is 11.5. The maximum Gasteiger partial charge on any atom is 0.314 e. The van der Waals surface area contributed by atoms with Gasteiger partial charge in [-0.1, -0.05) is 23.7 Å². The molecular formula is C19H24ClN5O3. The maximum absolute atomic E-state index is 12.9. The second kappa shape index (κ2) is 9.14. The Kier molecular flexibility index (Phi) is 6.61. The van der Waals surface area contributed by atoms with E-state index < -0.39 is 5.41 Å². The van der Waals surface area contributed by atoms with E-state index in [1.54, 1.807) is 17.9 Å². The summed E-state index contributed by atoms with van der Waals surface area (Å²) in [5.74, 6) is -0.275. The van der Waals surface area contributed by atoms with Crippen LogP contribution in [0.4, 0.5) is 0 Å². The number of tetrazole rings is 1. The van der Waals surface area contributed by atoms with E-state index in [-0.39, 0.29) is 18.3 Å². The van der Waals surface area contributed by atoms with E-state index in [0.29, 0.717) is 44.1 Å². The molecule has 1 aliphatic heterocycles. The molecule has 8 nitrogen and oxygen atoms in total. The van der Waals surface area contributed by atoms with Crippen LogP contribution in [0.2, 0.25) is 5.02 Å². The van der Waals surface area contributed by atoms with Crippen LogP contribution in [-0.4, -0.2) is 56.7 Å². The smallest absolute Gasteiger partial charge is 0.314 e. The second-order valence-corrected chi connectivity index (χ2v) is 7.49. The number of hydrogen-bond donors (Lipinski definition) is 0. The Bertz CT molecular complexity index is 814. The van der Waals surface area contributed by atoms with Crippen LogP contribution >= 0.6 is 11.6 Å². The van der Waals surface area contributed by atoms with Gasteiger partial charge in [-0.2, -0.15) is 0 Å². The number of ether oxygens (including phenoxy) is 1. The fraction of sp³-hybridized carbons (Fsp3) is 0.526. The molecule has 0 bridgehead atoms. The molecular weight excluding hydrogens is 382 g/mol. The standard InChI is InChI=1S/C19H24ClN5O3/c1-2-28-18(27)19(12-15-5-3-6-16(20)11-15)8-4-9-24(13-19)17(26)7-10-25-14-21-22-23-25/h3,5-6,11,14H,2,4,7-10,12-13H2,1H3/t19-/m0/s1. The van der Waals surface area contributed by atoms with E-state index in [1.807, 2.05) is 18.2 Å². The largest absolute Gasteiger partial charge is 0.466 e. The molecule has 28 heavy (non-hydrogen) atoms. The molecule has 1 atom stereocenters. The monoisotopic (exact) mass is 405 g/mol. The molecule has 1 aliphatic rings. The van der Waals surface area contributed by atoms with E-state index in [1.165, 1.54) is 11.0 Å². The van der Waals surface area contributed by atoms with Crippen molar-refractivity contribution in [2.45, 2.75) is 39.2 Å². The molecule has 9 heteroatoms. The number of piperidine rings is 1. The zero-order valence-electron chi connectivity index (χ0n) is 15.9. The van der Waals surface area contributed by atoms with Crippen LogP contribution < -0.4 is 0 Å². The number of aryl methyl sites for hydroxylation is 1. The number of carbonyl (C=O) groups excluding carboxylic acids is 2. The Labute approximate surface area is 168 Å². The number of halogens is 1. The number of benzene rings is 1. The van der Waals surface area contributed by atoms with Crippen LogP contribution in [0.5, 0.6) is 0 Å². The van der Waals surface area contributed by atoms with Gasteiger partial charge < -0.3 is 9.64 Å². The van der Waals surface area contributed by atoms with Crippen LogP contribution in [0.3, 0.4) is 0 Å². The lowest BCUT2D eigenvalue weighted by Crippen LogP contribution is -2.51. The Hall–Kier alpha value is -2.48. The van der Waals surface area contributed by atoms with Crippen LogP contribution in [0.1, 0.15) is 31.7 Å². The number of carbonyl (C=O) groups is 2. The van der Waals surface area contributed by atoms with Crippen molar-refractivity contribution in [2.75, 3.05) is 19.7 Å². The van der Waals surface area contributed by atoms with Crippen molar-refractivity contribution < 1.29 is 14.3 Å². The summed E-state index contributed by atoms with van der Waals surface area (Å²) in [6.45, 7) is 3.48. The van der Waals surface area contributed by atoms with E-state index >= 15 is 0 Å². The Balaban J connectivity index is 1.74. The number of aromatic nitrogens is 4. The van der Waals surface area contributed by atoms with Gasteiger partial charge >= 0.3 is 5.97 Å². The summed E-state index contributed by atoms with van der Waals surface area (Å²) in [6.07, 6.45) is 3.67. The van der Waals surface area contributed by atoms with Gasteiger partial charge in [-0.25, -0.2) is 4.68 Å². The van der Waals surface area contributed by atoms with Crippen molar-refractivity contribution in [3.63, 3.8) is 0 Å². The van der Waals surface area contributed by atoms with Gasteiger partial charge in [-0.3, -0.25) is 9.59 Å². The van der Waals surface area contributed by atoms with Crippen LogP contribution in [0, 0.1) is 5.41 Å². The molecule has 1 aromatic carbocycles.